The number of aromatic nitrogens is 1. The lowest BCUT2D eigenvalue weighted by molar-refractivity contribution is 1.35. The molecule has 0 saturated heterocycles. The van der Waals surface area contributed by atoms with Crippen molar-refractivity contribution >= 4 is 34.7 Å². The molecule has 15 heavy (non-hydrogen) atoms. The summed E-state index contributed by atoms with van der Waals surface area (Å²) in [5.74, 6) is 2.02. The molecule has 1 heterocycles. The zero-order chi connectivity index (χ0) is 10.5. The Morgan fingerprint density at radius 2 is 2.00 bits per heavy atom. The maximum Gasteiger partial charge on any atom is 0.183 e. The first-order valence-corrected chi connectivity index (χ1v) is 6.91. The molecule has 1 aromatic heterocycles. The van der Waals surface area contributed by atoms with Gasteiger partial charge in [-0.15, -0.1) is 11.3 Å². The van der Waals surface area contributed by atoms with Gasteiger partial charge in [0.15, 0.2) is 4.47 Å². The Morgan fingerprint density at radius 3 is 2.67 bits per heavy atom. The van der Waals surface area contributed by atoms with Crippen molar-refractivity contribution in [2.24, 2.45) is 0 Å². The molecule has 1 aromatic carbocycles. The lowest BCUT2D eigenvalue weighted by atomic mass is 10.2. The molecule has 78 valence electrons. The molecule has 0 bridgehead atoms. The molecule has 0 aliphatic rings. The summed E-state index contributed by atoms with van der Waals surface area (Å²) in [6.07, 6.45) is 1.85. The van der Waals surface area contributed by atoms with Crippen LogP contribution in [0.15, 0.2) is 36.5 Å². The van der Waals surface area contributed by atoms with Gasteiger partial charge in [-0.05, 0) is 5.56 Å². The van der Waals surface area contributed by atoms with Gasteiger partial charge in [0, 0.05) is 22.6 Å². The van der Waals surface area contributed by atoms with Crippen LogP contribution in [0.25, 0.3) is 0 Å². The van der Waals surface area contributed by atoms with Gasteiger partial charge in [0.1, 0.15) is 0 Å². The molecule has 0 unspecified atom stereocenters. The van der Waals surface area contributed by atoms with Crippen LogP contribution < -0.4 is 0 Å². The van der Waals surface area contributed by atoms with Crippen molar-refractivity contribution in [3.05, 3.63) is 51.4 Å². The lowest BCUT2D eigenvalue weighted by Gasteiger charge is -1.99. The van der Waals surface area contributed by atoms with Gasteiger partial charge in [-0.1, -0.05) is 41.9 Å². The topological polar surface area (TPSA) is 12.9 Å². The summed E-state index contributed by atoms with van der Waals surface area (Å²) < 4.78 is 0.630. The lowest BCUT2D eigenvalue weighted by Crippen LogP contribution is -1.79. The molecule has 4 heteroatoms. The third-order valence-corrected chi connectivity index (χ3v) is 4.23. The van der Waals surface area contributed by atoms with Gasteiger partial charge in [-0.2, -0.15) is 11.8 Å². The van der Waals surface area contributed by atoms with E-state index in [9.17, 15) is 0 Å². The van der Waals surface area contributed by atoms with Crippen LogP contribution in [0.3, 0.4) is 0 Å². The minimum Gasteiger partial charge on any atom is -0.233 e. The highest BCUT2D eigenvalue weighted by Gasteiger charge is 1.99. The molecule has 1 nitrogen and oxygen atoms in total. The van der Waals surface area contributed by atoms with E-state index in [1.165, 1.54) is 10.4 Å². The molecule has 0 saturated carbocycles. The Morgan fingerprint density at radius 1 is 1.20 bits per heavy atom. The number of rotatable bonds is 4. The zero-order valence-electron chi connectivity index (χ0n) is 8.02. The fourth-order valence-corrected chi connectivity index (χ4v) is 3.26. The fraction of sp³-hybridized carbons (Fsp3) is 0.182. The Balaban J connectivity index is 1.80. The second kappa shape index (κ2) is 5.54. The van der Waals surface area contributed by atoms with E-state index in [0.29, 0.717) is 4.47 Å². The molecule has 2 aromatic rings. The van der Waals surface area contributed by atoms with Crippen LogP contribution in [0.5, 0.6) is 0 Å². The smallest absolute Gasteiger partial charge is 0.183 e. The summed E-state index contributed by atoms with van der Waals surface area (Å²) >= 11 is 9.20. The number of halogens is 1. The van der Waals surface area contributed by atoms with Crippen molar-refractivity contribution in [3.8, 4) is 0 Å². The van der Waals surface area contributed by atoms with Crippen LogP contribution in [-0.2, 0) is 11.5 Å². The highest BCUT2D eigenvalue weighted by molar-refractivity contribution is 7.97. The van der Waals surface area contributed by atoms with Crippen molar-refractivity contribution < 1.29 is 0 Å². The van der Waals surface area contributed by atoms with Gasteiger partial charge in [-0.3, -0.25) is 0 Å². The Bertz CT molecular complexity index is 414. The van der Waals surface area contributed by atoms with Gasteiger partial charge in [0.2, 0.25) is 0 Å². The summed E-state index contributed by atoms with van der Waals surface area (Å²) in [5, 5.41) is 0. The van der Waals surface area contributed by atoms with Gasteiger partial charge in [0.05, 0.1) is 0 Å². The maximum absolute atomic E-state index is 5.75. The molecule has 2 rings (SSSR count). The van der Waals surface area contributed by atoms with Gasteiger partial charge in [-0.25, -0.2) is 4.98 Å². The molecule has 0 N–H and O–H groups in total. The van der Waals surface area contributed by atoms with Crippen LogP contribution in [0.1, 0.15) is 10.4 Å². The summed E-state index contributed by atoms with van der Waals surface area (Å²) in [7, 11) is 0. The second-order valence-corrected chi connectivity index (χ2v) is 5.74. The predicted molar refractivity (Wildman–Crippen MR) is 68.6 cm³/mol. The van der Waals surface area contributed by atoms with Crippen LogP contribution in [0.2, 0.25) is 4.47 Å². The van der Waals surface area contributed by atoms with E-state index in [1.807, 2.05) is 24.0 Å². The maximum atomic E-state index is 5.75. The summed E-state index contributed by atoms with van der Waals surface area (Å²) in [6.45, 7) is 0. The zero-order valence-corrected chi connectivity index (χ0v) is 10.4. The number of nitrogens with zero attached hydrogens (tertiary/aromatic N) is 1. The van der Waals surface area contributed by atoms with Crippen molar-refractivity contribution in [3.63, 3.8) is 0 Å². The normalized spacial score (nSPS) is 10.5. The minimum absolute atomic E-state index is 0.630. The monoisotopic (exact) mass is 255 g/mol. The quantitative estimate of drug-likeness (QED) is 0.811. The number of thioether (sulfide) groups is 1. The molecule has 0 fully saturated rings. The first-order chi connectivity index (χ1) is 7.34. The van der Waals surface area contributed by atoms with E-state index in [-0.39, 0.29) is 0 Å². The highest BCUT2D eigenvalue weighted by atomic mass is 35.5. The molecule has 0 amide bonds. The van der Waals surface area contributed by atoms with E-state index >= 15 is 0 Å². The minimum atomic E-state index is 0.630. The van der Waals surface area contributed by atoms with Crippen LogP contribution in [-0.4, -0.2) is 4.98 Å². The van der Waals surface area contributed by atoms with Gasteiger partial charge < -0.3 is 0 Å². The molecule has 0 atom stereocenters. The molecule has 0 aliphatic carbocycles. The Hall–Kier alpha value is -0.510. The second-order valence-electron chi connectivity index (χ2n) is 3.06. The fourth-order valence-electron chi connectivity index (χ4n) is 1.19. The highest BCUT2D eigenvalue weighted by Crippen LogP contribution is 2.24. The van der Waals surface area contributed by atoms with Crippen LogP contribution in [0, 0.1) is 0 Å². The van der Waals surface area contributed by atoms with E-state index in [1.54, 1.807) is 11.3 Å². The van der Waals surface area contributed by atoms with E-state index < -0.39 is 0 Å². The summed E-state index contributed by atoms with van der Waals surface area (Å²) in [4.78, 5) is 5.25. The predicted octanol–water partition coefficient (Wildman–Crippen LogP) is 4.23. The summed E-state index contributed by atoms with van der Waals surface area (Å²) in [5.41, 5.74) is 1.36. The van der Waals surface area contributed by atoms with Crippen LogP contribution in [0.4, 0.5) is 0 Å². The van der Waals surface area contributed by atoms with E-state index in [4.69, 9.17) is 11.6 Å². The average molecular weight is 256 g/mol. The summed E-state index contributed by atoms with van der Waals surface area (Å²) in [6, 6.07) is 10.5. The van der Waals surface area contributed by atoms with Crippen LogP contribution >= 0.6 is 34.7 Å². The number of hydrogen-bond acceptors (Lipinski definition) is 3. The molecule has 0 aliphatic heterocycles. The first-order valence-electron chi connectivity index (χ1n) is 4.56. The molecule has 0 radical (unpaired) electrons. The standard InChI is InChI=1S/C11H10ClNS2/c12-11-13-6-10(15-11)8-14-7-9-4-2-1-3-5-9/h1-6H,7-8H2. The number of hydrogen-bond donors (Lipinski definition) is 0. The number of thiazole rings is 1. The Kier molecular flexibility index (Phi) is 4.06. The average Bonchev–Trinajstić information content (AvgIpc) is 2.66. The molecular formula is C11H10ClNS2. The third kappa shape index (κ3) is 3.52. The third-order valence-electron chi connectivity index (χ3n) is 1.88. The Labute approximate surface area is 103 Å². The number of benzene rings is 1. The SMILES string of the molecule is Clc1ncc(CSCc2ccccc2)s1. The first kappa shape index (κ1) is 11.0. The van der Waals surface area contributed by atoms with Gasteiger partial charge >= 0.3 is 0 Å². The molecule has 0 spiro atoms. The van der Waals surface area contributed by atoms with Gasteiger partial charge in [0.25, 0.3) is 0 Å². The largest absolute Gasteiger partial charge is 0.233 e. The van der Waals surface area contributed by atoms with Crippen molar-refractivity contribution in [1.82, 2.24) is 4.98 Å². The van der Waals surface area contributed by atoms with Crippen molar-refractivity contribution in [2.45, 2.75) is 11.5 Å². The molecular weight excluding hydrogens is 246 g/mol. The van der Waals surface area contributed by atoms with E-state index in [0.717, 1.165) is 11.5 Å². The van der Waals surface area contributed by atoms with Crippen molar-refractivity contribution in [2.75, 3.05) is 0 Å². The van der Waals surface area contributed by atoms with E-state index in [2.05, 4.69) is 29.2 Å². The van der Waals surface area contributed by atoms with Crippen molar-refractivity contribution in [1.29, 1.82) is 0 Å².